The van der Waals surface area contributed by atoms with Crippen molar-refractivity contribution in [3.63, 3.8) is 0 Å². The van der Waals surface area contributed by atoms with E-state index in [-0.39, 0.29) is 17.0 Å². The van der Waals surface area contributed by atoms with Gasteiger partial charge in [-0.25, -0.2) is 13.1 Å². The maximum absolute atomic E-state index is 12.7. The van der Waals surface area contributed by atoms with E-state index in [9.17, 15) is 18.5 Å². The van der Waals surface area contributed by atoms with Crippen LogP contribution in [0.1, 0.15) is 48.0 Å². The summed E-state index contributed by atoms with van der Waals surface area (Å²) < 4.78 is 27.7. The highest BCUT2D eigenvalue weighted by molar-refractivity contribution is 7.89. The van der Waals surface area contributed by atoms with Crippen molar-refractivity contribution in [1.29, 1.82) is 5.26 Å². The van der Waals surface area contributed by atoms with E-state index < -0.39 is 21.5 Å². The zero-order valence-electron chi connectivity index (χ0n) is 15.5. The average molecular weight is 398 g/mol. The lowest BCUT2D eigenvalue weighted by molar-refractivity contribution is 0.0902. The second-order valence-electron chi connectivity index (χ2n) is 7.05. The summed E-state index contributed by atoms with van der Waals surface area (Å²) in [6.45, 7) is 0.164. The van der Waals surface area contributed by atoms with Crippen LogP contribution in [0, 0.1) is 11.3 Å². The number of hydrogen-bond acceptors (Lipinski definition) is 4. The number of benzene rings is 2. The Labute approximate surface area is 165 Å². The highest BCUT2D eigenvalue weighted by Gasteiger charge is 2.34. The van der Waals surface area contributed by atoms with Gasteiger partial charge in [0.15, 0.2) is 0 Å². The molecule has 0 unspecified atom stereocenters. The predicted molar refractivity (Wildman–Crippen MR) is 106 cm³/mol. The molecule has 28 heavy (non-hydrogen) atoms. The molecule has 0 heterocycles. The van der Waals surface area contributed by atoms with Gasteiger partial charge in [0.2, 0.25) is 10.0 Å². The van der Waals surface area contributed by atoms with Gasteiger partial charge in [0.25, 0.3) is 5.91 Å². The molecule has 1 aliphatic carbocycles. The van der Waals surface area contributed by atoms with Gasteiger partial charge in [-0.2, -0.15) is 5.26 Å². The topological polar surface area (TPSA) is 99.1 Å². The van der Waals surface area contributed by atoms with E-state index in [1.54, 1.807) is 6.07 Å². The molecule has 1 saturated carbocycles. The summed E-state index contributed by atoms with van der Waals surface area (Å²) in [6.07, 6.45) is 4.08. The molecule has 0 aliphatic heterocycles. The number of sulfonamides is 1. The number of amides is 1. The van der Waals surface area contributed by atoms with Gasteiger partial charge in [-0.15, -0.1) is 0 Å². The fraction of sp³-hybridized carbons (Fsp3) is 0.333. The van der Waals surface area contributed by atoms with E-state index in [0.717, 1.165) is 24.8 Å². The Kier molecular flexibility index (Phi) is 6.12. The molecule has 0 saturated heterocycles. The van der Waals surface area contributed by atoms with E-state index in [1.807, 2.05) is 30.3 Å². The van der Waals surface area contributed by atoms with Crippen molar-refractivity contribution in [2.45, 2.75) is 49.1 Å². The largest absolute Gasteiger partial charge is 0.334 e. The van der Waals surface area contributed by atoms with Crippen LogP contribution in [-0.4, -0.2) is 19.9 Å². The van der Waals surface area contributed by atoms with E-state index in [1.165, 1.54) is 18.2 Å². The molecule has 1 fully saturated rings. The van der Waals surface area contributed by atoms with Crippen LogP contribution in [0.15, 0.2) is 59.5 Å². The first-order valence-corrected chi connectivity index (χ1v) is 10.8. The Morgan fingerprint density at radius 1 is 1.04 bits per heavy atom. The van der Waals surface area contributed by atoms with Gasteiger partial charge < -0.3 is 5.32 Å². The Morgan fingerprint density at radius 3 is 2.43 bits per heavy atom. The van der Waals surface area contributed by atoms with Crippen LogP contribution in [0.25, 0.3) is 0 Å². The van der Waals surface area contributed by atoms with E-state index in [4.69, 9.17) is 0 Å². The van der Waals surface area contributed by atoms with Gasteiger partial charge in [0, 0.05) is 12.1 Å². The maximum Gasteiger partial charge on any atom is 0.252 e. The Bertz CT molecular complexity index is 975. The van der Waals surface area contributed by atoms with Crippen molar-refractivity contribution in [3.05, 3.63) is 65.7 Å². The standard InChI is InChI=1S/C21H23N3O3S/c22-16-21(12-5-2-6-13-21)24-20(25)18-10-7-11-19(14-18)28(26,27)23-15-17-8-3-1-4-9-17/h1,3-4,7-11,14,23H,2,5-6,12-13,15H2,(H,24,25). The number of rotatable bonds is 6. The molecule has 2 aromatic carbocycles. The molecule has 2 N–H and O–H groups in total. The van der Waals surface area contributed by atoms with Crippen molar-refractivity contribution in [1.82, 2.24) is 10.0 Å². The maximum atomic E-state index is 12.7. The SMILES string of the molecule is N#CC1(NC(=O)c2cccc(S(=O)(=O)NCc3ccccc3)c2)CCCCC1. The zero-order chi connectivity index (χ0) is 20.0. The average Bonchev–Trinajstić information content (AvgIpc) is 2.74. The quantitative estimate of drug-likeness (QED) is 0.782. The molecule has 146 valence electrons. The third-order valence-corrected chi connectivity index (χ3v) is 6.39. The van der Waals surface area contributed by atoms with Gasteiger partial charge in [-0.3, -0.25) is 4.79 Å². The smallest absolute Gasteiger partial charge is 0.252 e. The van der Waals surface area contributed by atoms with Crippen LogP contribution < -0.4 is 10.0 Å². The molecule has 1 aliphatic rings. The highest BCUT2D eigenvalue weighted by Crippen LogP contribution is 2.28. The number of hydrogen-bond donors (Lipinski definition) is 2. The second-order valence-corrected chi connectivity index (χ2v) is 8.81. The van der Waals surface area contributed by atoms with Crippen LogP contribution >= 0.6 is 0 Å². The minimum absolute atomic E-state index is 0.0192. The predicted octanol–water partition coefficient (Wildman–Crippen LogP) is 3.12. The summed E-state index contributed by atoms with van der Waals surface area (Å²) in [5, 5.41) is 12.3. The number of nitriles is 1. The fourth-order valence-corrected chi connectivity index (χ4v) is 4.43. The summed E-state index contributed by atoms with van der Waals surface area (Å²) >= 11 is 0. The summed E-state index contributed by atoms with van der Waals surface area (Å²) in [4.78, 5) is 12.7. The van der Waals surface area contributed by atoms with Gasteiger partial charge in [0.05, 0.1) is 11.0 Å². The first-order valence-electron chi connectivity index (χ1n) is 9.32. The van der Waals surface area contributed by atoms with Crippen molar-refractivity contribution in [3.8, 4) is 6.07 Å². The Balaban J connectivity index is 1.74. The summed E-state index contributed by atoms with van der Waals surface area (Å²) in [7, 11) is -3.76. The van der Waals surface area contributed by atoms with E-state index >= 15 is 0 Å². The molecule has 7 heteroatoms. The summed E-state index contributed by atoms with van der Waals surface area (Å²) in [5.41, 5.74) is 0.200. The molecular formula is C21H23N3O3S. The first kappa shape index (κ1) is 20.1. The van der Waals surface area contributed by atoms with Crippen molar-refractivity contribution in [2.75, 3.05) is 0 Å². The van der Waals surface area contributed by atoms with Crippen molar-refractivity contribution < 1.29 is 13.2 Å². The second kappa shape index (κ2) is 8.55. The van der Waals surface area contributed by atoms with E-state index in [0.29, 0.717) is 12.8 Å². The van der Waals surface area contributed by atoms with Gasteiger partial charge in [0.1, 0.15) is 5.54 Å². The lowest BCUT2D eigenvalue weighted by Gasteiger charge is -2.31. The minimum atomic E-state index is -3.76. The number of carbonyl (C=O) groups excluding carboxylic acids is 1. The Morgan fingerprint density at radius 2 is 1.75 bits per heavy atom. The molecule has 3 rings (SSSR count). The Hall–Kier alpha value is -2.69. The van der Waals surface area contributed by atoms with Gasteiger partial charge in [-0.05, 0) is 36.6 Å². The third-order valence-electron chi connectivity index (χ3n) is 4.99. The summed E-state index contributed by atoms with van der Waals surface area (Å²) in [6, 6.07) is 17.3. The van der Waals surface area contributed by atoms with Gasteiger partial charge >= 0.3 is 0 Å². The lowest BCUT2D eigenvalue weighted by Crippen LogP contribution is -2.48. The monoisotopic (exact) mass is 397 g/mol. The molecule has 0 aromatic heterocycles. The van der Waals surface area contributed by atoms with E-state index in [2.05, 4.69) is 16.1 Å². The molecule has 0 atom stereocenters. The third kappa shape index (κ3) is 4.77. The van der Waals surface area contributed by atoms with Crippen LogP contribution in [-0.2, 0) is 16.6 Å². The lowest BCUT2D eigenvalue weighted by atomic mass is 9.82. The molecule has 6 nitrogen and oxygen atoms in total. The first-order chi connectivity index (χ1) is 13.4. The normalized spacial score (nSPS) is 16.1. The molecule has 2 aromatic rings. The number of carbonyl (C=O) groups is 1. The molecule has 0 radical (unpaired) electrons. The molecular weight excluding hydrogens is 374 g/mol. The number of nitrogens with one attached hydrogen (secondary N) is 2. The zero-order valence-corrected chi connectivity index (χ0v) is 16.3. The molecule has 1 amide bonds. The minimum Gasteiger partial charge on any atom is -0.334 e. The molecule has 0 spiro atoms. The fourth-order valence-electron chi connectivity index (χ4n) is 3.37. The van der Waals surface area contributed by atoms with Gasteiger partial charge in [-0.1, -0.05) is 55.7 Å². The number of nitrogens with zero attached hydrogens (tertiary/aromatic N) is 1. The highest BCUT2D eigenvalue weighted by atomic mass is 32.2. The van der Waals surface area contributed by atoms with Crippen LogP contribution in [0.4, 0.5) is 0 Å². The molecule has 0 bridgehead atoms. The van der Waals surface area contributed by atoms with Crippen molar-refractivity contribution in [2.24, 2.45) is 0 Å². The van der Waals surface area contributed by atoms with Crippen LogP contribution in [0.2, 0.25) is 0 Å². The summed E-state index contributed by atoms with van der Waals surface area (Å²) in [5.74, 6) is -0.427. The van der Waals surface area contributed by atoms with Crippen LogP contribution in [0.3, 0.4) is 0 Å². The van der Waals surface area contributed by atoms with Crippen molar-refractivity contribution >= 4 is 15.9 Å². The van der Waals surface area contributed by atoms with Crippen LogP contribution in [0.5, 0.6) is 0 Å².